The van der Waals surface area contributed by atoms with Gasteiger partial charge in [-0.2, -0.15) is 0 Å². The van der Waals surface area contributed by atoms with Gasteiger partial charge in [0.15, 0.2) is 0 Å². The fourth-order valence-electron chi connectivity index (χ4n) is 0.736. The van der Waals surface area contributed by atoms with Gasteiger partial charge >= 0.3 is 0 Å². The average Bonchev–Trinajstić information content (AvgIpc) is 2.58. The normalized spacial score (nSPS) is 14.4. The number of aromatic nitrogens is 2. The molecule has 0 aliphatic carbocycles. The van der Waals surface area contributed by atoms with Crippen molar-refractivity contribution in [1.29, 1.82) is 0 Å². The highest BCUT2D eigenvalue weighted by molar-refractivity contribution is 5.31. The molecule has 0 unspecified atom stereocenters. The van der Waals surface area contributed by atoms with Gasteiger partial charge in [0.2, 0.25) is 5.82 Å². The van der Waals surface area contributed by atoms with Crippen LogP contribution in [0.25, 0.3) is 0 Å². The number of nitrogens with one attached hydrogen (secondary N) is 1. The second-order valence-corrected chi connectivity index (χ2v) is 1.90. The van der Waals surface area contributed by atoms with E-state index in [0.717, 1.165) is 0 Å². The van der Waals surface area contributed by atoms with Crippen molar-refractivity contribution >= 4 is 5.82 Å². The minimum atomic E-state index is 0.623. The highest BCUT2D eigenvalue weighted by Crippen LogP contribution is 2.07. The molecule has 5 nitrogen and oxygen atoms in total. The van der Waals surface area contributed by atoms with Gasteiger partial charge in [0.05, 0.1) is 12.4 Å². The summed E-state index contributed by atoms with van der Waals surface area (Å²) < 4.78 is 0. The third kappa shape index (κ3) is 1.07. The van der Waals surface area contributed by atoms with E-state index in [4.69, 9.17) is 4.84 Å². The summed E-state index contributed by atoms with van der Waals surface area (Å²) in [6.45, 7) is 0. The number of hydrogen-bond donors (Lipinski definition) is 1. The van der Waals surface area contributed by atoms with Crippen LogP contribution in [-0.4, -0.2) is 9.97 Å². The number of hydrogen-bond acceptors (Lipinski definition) is 5. The fourth-order valence-corrected chi connectivity index (χ4v) is 0.736. The first-order chi connectivity index (χ1) is 5.47. The largest absolute Gasteiger partial charge is 0.364 e. The van der Waals surface area contributed by atoms with E-state index in [0.29, 0.717) is 5.82 Å². The lowest BCUT2D eigenvalue weighted by atomic mass is 10.7. The zero-order chi connectivity index (χ0) is 7.52. The molecule has 1 aliphatic heterocycles. The number of rotatable bonds is 1. The Morgan fingerprint density at radius 2 is 2.45 bits per heavy atom. The molecule has 0 saturated heterocycles. The Bertz CT molecular complexity index is 253. The second-order valence-electron chi connectivity index (χ2n) is 1.90. The zero-order valence-electron chi connectivity index (χ0n) is 5.64. The van der Waals surface area contributed by atoms with Crippen molar-refractivity contribution in [2.75, 3.05) is 5.17 Å². The molecule has 5 heteroatoms. The maximum absolute atomic E-state index is 4.98. The summed E-state index contributed by atoms with van der Waals surface area (Å²) in [6, 6.07) is 0. The predicted molar refractivity (Wildman–Crippen MR) is 37.9 cm³/mol. The third-order valence-corrected chi connectivity index (χ3v) is 1.18. The molecule has 1 N–H and O–H groups in total. The van der Waals surface area contributed by atoms with Gasteiger partial charge < -0.3 is 4.84 Å². The molecule has 1 aromatic heterocycles. The molecule has 0 bridgehead atoms. The Kier molecular flexibility index (Phi) is 1.33. The highest BCUT2D eigenvalue weighted by atomic mass is 16.7. The standard InChI is InChI=1S/C6H6N4O/c1-2-8-6(5-7-1)10-9-3-4-11-10/h1-5,9H. The first-order valence-electron chi connectivity index (χ1n) is 3.11. The minimum Gasteiger partial charge on any atom is -0.364 e. The Labute approximate surface area is 63.3 Å². The van der Waals surface area contributed by atoms with E-state index in [9.17, 15) is 0 Å². The molecule has 1 aliphatic rings. The van der Waals surface area contributed by atoms with Crippen LogP contribution in [0, 0.1) is 0 Å². The molecule has 0 atom stereocenters. The molecule has 0 aromatic carbocycles. The van der Waals surface area contributed by atoms with Crippen molar-refractivity contribution in [1.82, 2.24) is 15.4 Å². The fraction of sp³-hybridized carbons (Fsp3) is 0. The molecule has 2 rings (SSSR count). The van der Waals surface area contributed by atoms with E-state index in [1.54, 1.807) is 24.8 Å². The van der Waals surface area contributed by atoms with Gasteiger partial charge in [0.1, 0.15) is 6.26 Å². The molecule has 2 heterocycles. The van der Waals surface area contributed by atoms with E-state index < -0.39 is 0 Å². The van der Waals surface area contributed by atoms with E-state index in [2.05, 4.69) is 15.4 Å². The maximum Gasteiger partial charge on any atom is 0.206 e. The molecule has 0 saturated carbocycles. The Hall–Kier alpha value is -1.78. The Morgan fingerprint density at radius 1 is 1.45 bits per heavy atom. The van der Waals surface area contributed by atoms with Crippen molar-refractivity contribution in [2.45, 2.75) is 0 Å². The van der Waals surface area contributed by atoms with Crippen molar-refractivity contribution in [3.63, 3.8) is 0 Å². The molecule has 0 amide bonds. The third-order valence-electron chi connectivity index (χ3n) is 1.18. The Balaban J connectivity index is 2.17. The maximum atomic E-state index is 4.98. The van der Waals surface area contributed by atoms with Gasteiger partial charge in [-0.15, -0.1) is 0 Å². The van der Waals surface area contributed by atoms with Crippen LogP contribution in [0.4, 0.5) is 5.82 Å². The molecular weight excluding hydrogens is 144 g/mol. The van der Waals surface area contributed by atoms with Crippen molar-refractivity contribution < 1.29 is 4.84 Å². The van der Waals surface area contributed by atoms with E-state index in [1.165, 1.54) is 11.4 Å². The minimum absolute atomic E-state index is 0.623. The molecule has 56 valence electrons. The topological polar surface area (TPSA) is 50.3 Å². The van der Waals surface area contributed by atoms with Crippen LogP contribution in [0.2, 0.25) is 0 Å². The average molecular weight is 150 g/mol. The molecule has 0 spiro atoms. The SMILES string of the molecule is C1=CON(c2cnccn2)N1. The van der Waals surface area contributed by atoms with Crippen LogP contribution in [0.1, 0.15) is 0 Å². The van der Waals surface area contributed by atoms with Crippen molar-refractivity contribution in [2.24, 2.45) is 0 Å². The summed E-state index contributed by atoms with van der Waals surface area (Å²) in [6.07, 6.45) is 7.98. The lowest BCUT2D eigenvalue weighted by Gasteiger charge is -2.13. The summed E-state index contributed by atoms with van der Waals surface area (Å²) in [5.74, 6) is 0.623. The second kappa shape index (κ2) is 2.45. The molecule has 11 heavy (non-hydrogen) atoms. The summed E-state index contributed by atoms with van der Waals surface area (Å²) in [4.78, 5) is 12.9. The van der Waals surface area contributed by atoms with E-state index >= 15 is 0 Å². The van der Waals surface area contributed by atoms with Gasteiger partial charge in [-0.05, 0) is 0 Å². The van der Waals surface area contributed by atoms with Crippen LogP contribution >= 0.6 is 0 Å². The van der Waals surface area contributed by atoms with Crippen LogP contribution < -0.4 is 10.6 Å². The smallest absolute Gasteiger partial charge is 0.206 e. The zero-order valence-corrected chi connectivity index (χ0v) is 5.64. The Morgan fingerprint density at radius 3 is 3.09 bits per heavy atom. The molecule has 1 aromatic rings. The van der Waals surface area contributed by atoms with E-state index in [-0.39, 0.29) is 0 Å². The number of nitrogens with zero attached hydrogens (tertiary/aromatic N) is 3. The summed E-state index contributed by atoms with van der Waals surface area (Å²) in [7, 11) is 0. The molecular formula is C6H6N4O. The van der Waals surface area contributed by atoms with Gasteiger partial charge in [0, 0.05) is 12.4 Å². The molecule has 0 fully saturated rings. The highest BCUT2D eigenvalue weighted by Gasteiger charge is 2.08. The van der Waals surface area contributed by atoms with Gasteiger partial charge in [0.25, 0.3) is 0 Å². The van der Waals surface area contributed by atoms with Crippen molar-refractivity contribution in [3.05, 3.63) is 31.1 Å². The van der Waals surface area contributed by atoms with Gasteiger partial charge in [-0.25, -0.2) is 4.98 Å². The van der Waals surface area contributed by atoms with E-state index in [1.807, 2.05) is 0 Å². The number of anilines is 1. The lowest BCUT2D eigenvalue weighted by Crippen LogP contribution is -2.28. The van der Waals surface area contributed by atoms with Crippen molar-refractivity contribution in [3.8, 4) is 0 Å². The predicted octanol–water partition coefficient (Wildman–Crippen LogP) is 0.204. The number of hydrazine groups is 1. The van der Waals surface area contributed by atoms with Crippen LogP contribution in [0.15, 0.2) is 31.1 Å². The first-order valence-corrected chi connectivity index (χ1v) is 3.11. The lowest BCUT2D eigenvalue weighted by molar-refractivity contribution is 0.218. The summed E-state index contributed by atoms with van der Waals surface area (Å²) in [5.41, 5.74) is 2.80. The van der Waals surface area contributed by atoms with Gasteiger partial charge in [-0.1, -0.05) is 5.17 Å². The van der Waals surface area contributed by atoms with Crippen LogP contribution in [-0.2, 0) is 4.84 Å². The summed E-state index contributed by atoms with van der Waals surface area (Å²) >= 11 is 0. The summed E-state index contributed by atoms with van der Waals surface area (Å²) in [5, 5.41) is 1.41. The van der Waals surface area contributed by atoms with Gasteiger partial charge in [-0.3, -0.25) is 10.4 Å². The first kappa shape index (κ1) is 5.96. The molecule has 0 radical (unpaired) electrons. The van der Waals surface area contributed by atoms with Crippen LogP contribution in [0.3, 0.4) is 0 Å². The quantitative estimate of drug-likeness (QED) is 0.619. The van der Waals surface area contributed by atoms with Crippen LogP contribution in [0.5, 0.6) is 0 Å². The monoisotopic (exact) mass is 150 g/mol.